The van der Waals surface area contributed by atoms with Crippen molar-refractivity contribution in [1.82, 2.24) is 4.98 Å². The van der Waals surface area contributed by atoms with Crippen LogP contribution >= 0.6 is 0 Å². The summed E-state index contributed by atoms with van der Waals surface area (Å²) < 4.78 is 13.6. The predicted octanol–water partition coefficient (Wildman–Crippen LogP) is 3.86. The quantitative estimate of drug-likeness (QED) is 0.797. The molecule has 0 radical (unpaired) electrons. The lowest BCUT2D eigenvalue weighted by molar-refractivity contribution is -0.115. The van der Waals surface area contributed by atoms with E-state index in [4.69, 9.17) is 0 Å². The highest BCUT2D eigenvalue weighted by atomic mass is 19.1. The van der Waals surface area contributed by atoms with Gasteiger partial charge in [-0.3, -0.25) is 9.78 Å². The highest BCUT2D eigenvalue weighted by Gasteiger charge is 2.10. The third-order valence-electron chi connectivity index (χ3n) is 3.44. The van der Waals surface area contributed by atoms with Crippen LogP contribution in [0.15, 0.2) is 54.6 Å². The van der Waals surface area contributed by atoms with Crippen LogP contribution < -0.4 is 5.32 Å². The average molecular weight is 294 g/mol. The molecule has 0 saturated carbocycles. The molecule has 0 aliphatic rings. The van der Waals surface area contributed by atoms with Gasteiger partial charge in [0.1, 0.15) is 5.82 Å². The lowest BCUT2D eigenvalue weighted by Crippen LogP contribution is -2.15. The Morgan fingerprint density at radius 1 is 1.09 bits per heavy atom. The number of carbonyl (C=O) groups excluding carboxylic acids is 1. The van der Waals surface area contributed by atoms with E-state index < -0.39 is 0 Å². The van der Waals surface area contributed by atoms with Crippen LogP contribution in [0.25, 0.3) is 10.9 Å². The van der Waals surface area contributed by atoms with Gasteiger partial charge in [0.25, 0.3) is 0 Å². The molecule has 2 aromatic carbocycles. The van der Waals surface area contributed by atoms with Crippen LogP contribution in [0.4, 0.5) is 10.1 Å². The first-order valence-corrected chi connectivity index (χ1v) is 7.03. The number of fused-ring (bicyclic) bond motifs is 1. The fourth-order valence-corrected chi connectivity index (χ4v) is 2.35. The number of pyridine rings is 1. The number of anilines is 1. The summed E-state index contributed by atoms with van der Waals surface area (Å²) in [6.45, 7) is 1.90. The zero-order chi connectivity index (χ0) is 15.5. The van der Waals surface area contributed by atoms with Gasteiger partial charge in [-0.2, -0.15) is 0 Å². The van der Waals surface area contributed by atoms with E-state index in [1.807, 2.05) is 31.2 Å². The summed E-state index contributed by atoms with van der Waals surface area (Å²) in [5.74, 6) is -0.634. The van der Waals surface area contributed by atoms with Crippen LogP contribution in [0.1, 0.15) is 11.3 Å². The molecule has 3 aromatic rings. The van der Waals surface area contributed by atoms with Crippen molar-refractivity contribution in [2.75, 3.05) is 5.32 Å². The highest BCUT2D eigenvalue weighted by Crippen LogP contribution is 2.22. The monoisotopic (exact) mass is 294 g/mol. The van der Waals surface area contributed by atoms with Crippen molar-refractivity contribution in [3.8, 4) is 0 Å². The number of hydrogen-bond acceptors (Lipinski definition) is 2. The topological polar surface area (TPSA) is 42.0 Å². The molecule has 0 aliphatic carbocycles. The predicted molar refractivity (Wildman–Crippen MR) is 85.2 cm³/mol. The number of benzene rings is 2. The number of carbonyl (C=O) groups is 1. The smallest absolute Gasteiger partial charge is 0.228 e. The number of nitrogens with zero attached hydrogens (tertiary/aromatic N) is 1. The van der Waals surface area contributed by atoms with E-state index in [0.29, 0.717) is 11.3 Å². The van der Waals surface area contributed by atoms with Crippen molar-refractivity contribution < 1.29 is 9.18 Å². The fraction of sp³-hybridized carbons (Fsp3) is 0.111. The molecular formula is C18H15FN2O. The Labute approximate surface area is 127 Å². The van der Waals surface area contributed by atoms with Crippen molar-refractivity contribution in [2.45, 2.75) is 13.3 Å². The lowest BCUT2D eigenvalue weighted by atomic mass is 10.1. The van der Waals surface area contributed by atoms with Crippen LogP contribution in [-0.4, -0.2) is 10.9 Å². The number of rotatable bonds is 3. The molecule has 110 valence electrons. The van der Waals surface area contributed by atoms with Gasteiger partial charge in [0, 0.05) is 11.1 Å². The number of amides is 1. The Kier molecular flexibility index (Phi) is 3.83. The van der Waals surface area contributed by atoms with Crippen molar-refractivity contribution >= 4 is 22.5 Å². The number of hydrogen-bond donors (Lipinski definition) is 1. The average Bonchev–Trinajstić information content (AvgIpc) is 2.50. The minimum atomic E-state index is -0.371. The Bertz CT molecular complexity index is 845. The first kappa shape index (κ1) is 14.2. The molecule has 3 rings (SSSR count). The first-order chi connectivity index (χ1) is 10.6. The molecule has 0 bridgehead atoms. The minimum Gasteiger partial charge on any atom is -0.324 e. The molecule has 0 unspecified atom stereocenters. The van der Waals surface area contributed by atoms with E-state index in [-0.39, 0.29) is 18.1 Å². The second-order valence-electron chi connectivity index (χ2n) is 5.15. The summed E-state index contributed by atoms with van der Waals surface area (Å²) in [4.78, 5) is 16.6. The van der Waals surface area contributed by atoms with Crippen LogP contribution in [0, 0.1) is 12.7 Å². The third-order valence-corrected chi connectivity index (χ3v) is 3.44. The van der Waals surface area contributed by atoms with E-state index >= 15 is 0 Å². The van der Waals surface area contributed by atoms with Gasteiger partial charge in [-0.25, -0.2) is 4.39 Å². The maximum atomic E-state index is 13.6. The molecule has 0 spiro atoms. The van der Waals surface area contributed by atoms with Gasteiger partial charge in [-0.05, 0) is 30.7 Å². The van der Waals surface area contributed by atoms with Crippen LogP contribution in [0.3, 0.4) is 0 Å². The molecule has 1 N–H and O–H groups in total. The third kappa shape index (κ3) is 2.96. The molecule has 4 heteroatoms. The summed E-state index contributed by atoms with van der Waals surface area (Å²) in [5, 5.41) is 3.77. The van der Waals surface area contributed by atoms with Gasteiger partial charge < -0.3 is 5.32 Å². The molecule has 0 aliphatic heterocycles. The second kappa shape index (κ2) is 5.93. The Morgan fingerprint density at radius 2 is 1.91 bits per heavy atom. The largest absolute Gasteiger partial charge is 0.324 e. The standard InChI is InChI=1S/C18H15FN2O/c1-12-9-10-13-6-4-8-16(18(13)20-12)21-17(22)11-14-5-2-3-7-15(14)19/h2-10H,11H2,1H3,(H,21,22). The van der Waals surface area contributed by atoms with Crippen molar-refractivity contribution in [2.24, 2.45) is 0 Å². The van der Waals surface area contributed by atoms with Gasteiger partial charge in [0.05, 0.1) is 17.6 Å². The zero-order valence-corrected chi connectivity index (χ0v) is 12.1. The maximum Gasteiger partial charge on any atom is 0.228 e. The van der Waals surface area contributed by atoms with Gasteiger partial charge in [0.2, 0.25) is 5.91 Å². The number of halogens is 1. The van der Waals surface area contributed by atoms with Gasteiger partial charge in [-0.15, -0.1) is 0 Å². The SMILES string of the molecule is Cc1ccc2cccc(NC(=O)Cc3ccccc3F)c2n1. The summed E-state index contributed by atoms with van der Waals surface area (Å²) in [5.41, 5.74) is 2.64. The van der Waals surface area contributed by atoms with Gasteiger partial charge in [0.15, 0.2) is 0 Å². The van der Waals surface area contributed by atoms with E-state index in [1.54, 1.807) is 24.3 Å². The van der Waals surface area contributed by atoms with Crippen molar-refractivity contribution in [1.29, 1.82) is 0 Å². The van der Waals surface area contributed by atoms with E-state index in [0.717, 1.165) is 16.6 Å². The zero-order valence-electron chi connectivity index (χ0n) is 12.1. The second-order valence-corrected chi connectivity index (χ2v) is 5.15. The van der Waals surface area contributed by atoms with Crippen molar-refractivity contribution in [3.05, 3.63) is 71.7 Å². The number of nitrogens with one attached hydrogen (secondary N) is 1. The molecule has 1 amide bonds. The summed E-state index contributed by atoms with van der Waals surface area (Å²) in [6, 6.07) is 15.8. The summed E-state index contributed by atoms with van der Waals surface area (Å²) in [7, 11) is 0. The molecule has 0 saturated heterocycles. The number of para-hydroxylation sites is 1. The van der Waals surface area contributed by atoms with Crippen LogP contribution in [0.5, 0.6) is 0 Å². The Hall–Kier alpha value is -2.75. The Morgan fingerprint density at radius 3 is 2.73 bits per heavy atom. The van der Waals surface area contributed by atoms with E-state index in [1.165, 1.54) is 6.07 Å². The molecule has 22 heavy (non-hydrogen) atoms. The maximum absolute atomic E-state index is 13.6. The van der Waals surface area contributed by atoms with E-state index in [9.17, 15) is 9.18 Å². The van der Waals surface area contributed by atoms with Crippen LogP contribution in [-0.2, 0) is 11.2 Å². The lowest BCUT2D eigenvalue weighted by Gasteiger charge is -2.09. The normalized spacial score (nSPS) is 10.6. The Balaban J connectivity index is 1.85. The molecule has 1 aromatic heterocycles. The number of aromatic nitrogens is 1. The first-order valence-electron chi connectivity index (χ1n) is 7.03. The highest BCUT2D eigenvalue weighted by molar-refractivity contribution is 6.00. The molecule has 1 heterocycles. The molecule has 0 atom stereocenters. The fourth-order valence-electron chi connectivity index (χ4n) is 2.35. The van der Waals surface area contributed by atoms with Gasteiger partial charge >= 0.3 is 0 Å². The molecule has 0 fully saturated rings. The molecule has 3 nitrogen and oxygen atoms in total. The van der Waals surface area contributed by atoms with Crippen molar-refractivity contribution in [3.63, 3.8) is 0 Å². The van der Waals surface area contributed by atoms with Gasteiger partial charge in [-0.1, -0.05) is 36.4 Å². The van der Waals surface area contributed by atoms with Crippen LogP contribution in [0.2, 0.25) is 0 Å². The summed E-state index contributed by atoms with van der Waals surface area (Å²) >= 11 is 0. The molecular weight excluding hydrogens is 279 g/mol. The van der Waals surface area contributed by atoms with E-state index in [2.05, 4.69) is 10.3 Å². The minimum absolute atomic E-state index is 0.00508. The number of aryl methyl sites for hydroxylation is 1. The summed E-state index contributed by atoms with van der Waals surface area (Å²) in [6.07, 6.45) is -0.00508.